The lowest BCUT2D eigenvalue weighted by atomic mass is 9.93. The Kier molecular flexibility index (Phi) is 6.33. The van der Waals surface area contributed by atoms with Crippen molar-refractivity contribution in [1.82, 2.24) is 10.2 Å². The van der Waals surface area contributed by atoms with Gasteiger partial charge in [0.25, 0.3) is 0 Å². The van der Waals surface area contributed by atoms with Crippen molar-refractivity contribution in [2.24, 2.45) is 5.92 Å². The Morgan fingerprint density at radius 1 is 1.07 bits per heavy atom. The normalized spacial score (nSPS) is 24.1. The molecule has 1 aliphatic heterocycles. The fourth-order valence-electron chi connectivity index (χ4n) is 4.57. The van der Waals surface area contributed by atoms with Crippen LogP contribution in [0.25, 0.3) is 0 Å². The average molecular weight is 371 g/mol. The first-order valence-corrected chi connectivity index (χ1v) is 11.0. The highest BCUT2D eigenvalue weighted by Crippen LogP contribution is 2.29. The maximum atomic E-state index is 12.0. The third-order valence-corrected chi connectivity index (χ3v) is 6.29. The molecule has 4 nitrogen and oxygen atoms in total. The van der Waals surface area contributed by atoms with Crippen molar-refractivity contribution in [3.63, 3.8) is 0 Å². The van der Waals surface area contributed by atoms with E-state index in [0.717, 1.165) is 31.8 Å². The molecule has 3 aliphatic rings. The molecule has 0 radical (unpaired) electrons. The van der Waals surface area contributed by atoms with Gasteiger partial charge in [-0.1, -0.05) is 18.2 Å². The first-order chi connectivity index (χ1) is 13.3. The number of amides is 1. The second-order valence-electron chi connectivity index (χ2n) is 8.76. The first-order valence-electron chi connectivity index (χ1n) is 11.0. The monoisotopic (exact) mass is 370 g/mol. The number of para-hydroxylation sites is 1. The summed E-state index contributed by atoms with van der Waals surface area (Å²) < 4.78 is 6.32. The molecular weight excluding hydrogens is 336 g/mol. The second kappa shape index (κ2) is 9.09. The topological polar surface area (TPSA) is 41.6 Å². The van der Waals surface area contributed by atoms with Gasteiger partial charge in [0.2, 0.25) is 5.91 Å². The van der Waals surface area contributed by atoms with E-state index in [4.69, 9.17) is 4.74 Å². The SMILES string of the molecule is O=C(CC[C@H]1CCCN(Cc2ccccc2OC2CCCC2)C1)NC1CC1. The summed E-state index contributed by atoms with van der Waals surface area (Å²) in [7, 11) is 0. The quantitative estimate of drug-likeness (QED) is 0.743. The van der Waals surface area contributed by atoms with Crippen LogP contribution in [0, 0.1) is 5.92 Å². The predicted octanol–water partition coefficient (Wildman–Crippen LogP) is 4.28. The molecule has 4 rings (SSSR count). The van der Waals surface area contributed by atoms with E-state index < -0.39 is 0 Å². The minimum atomic E-state index is 0.255. The molecule has 0 spiro atoms. The molecule has 0 aromatic heterocycles. The average Bonchev–Trinajstić information content (AvgIpc) is 3.34. The molecule has 4 heteroatoms. The Morgan fingerprint density at radius 2 is 1.89 bits per heavy atom. The Labute approximate surface area is 163 Å². The van der Waals surface area contributed by atoms with Gasteiger partial charge in [-0.3, -0.25) is 9.69 Å². The van der Waals surface area contributed by atoms with Crippen LogP contribution in [0.3, 0.4) is 0 Å². The minimum absolute atomic E-state index is 0.255. The lowest BCUT2D eigenvalue weighted by Crippen LogP contribution is -2.36. The molecule has 0 bridgehead atoms. The number of nitrogens with zero attached hydrogens (tertiary/aromatic N) is 1. The Hall–Kier alpha value is -1.55. The van der Waals surface area contributed by atoms with Crippen LogP contribution in [-0.2, 0) is 11.3 Å². The molecule has 1 atom stereocenters. The molecule has 1 saturated heterocycles. The van der Waals surface area contributed by atoms with Crippen molar-refractivity contribution in [1.29, 1.82) is 0 Å². The van der Waals surface area contributed by atoms with Crippen molar-refractivity contribution in [3.05, 3.63) is 29.8 Å². The fourth-order valence-corrected chi connectivity index (χ4v) is 4.57. The van der Waals surface area contributed by atoms with Crippen molar-refractivity contribution >= 4 is 5.91 Å². The van der Waals surface area contributed by atoms with Crippen LogP contribution in [0.1, 0.15) is 69.8 Å². The summed E-state index contributed by atoms with van der Waals surface area (Å²) in [6.07, 6.45) is 12.0. The number of ether oxygens (including phenoxy) is 1. The van der Waals surface area contributed by atoms with Crippen LogP contribution in [0.4, 0.5) is 0 Å². The molecule has 1 aromatic carbocycles. The number of hydrogen-bond donors (Lipinski definition) is 1. The number of nitrogens with one attached hydrogen (secondary N) is 1. The highest BCUT2D eigenvalue weighted by atomic mass is 16.5. The van der Waals surface area contributed by atoms with Crippen LogP contribution in [0.2, 0.25) is 0 Å². The standard InChI is InChI=1S/C23H34N2O2/c26-23(24-20-12-13-20)14-11-18-6-5-15-25(16-18)17-19-7-1-4-10-22(19)27-21-8-2-3-9-21/h1,4,7,10,18,20-21H,2-3,5-6,8-9,11-17H2,(H,24,26)/t18-/m1/s1. The molecular formula is C23H34N2O2. The van der Waals surface area contributed by atoms with E-state index in [1.165, 1.54) is 56.9 Å². The van der Waals surface area contributed by atoms with Crippen LogP contribution >= 0.6 is 0 Å². The number of carbonyl (C=O) groups is 1. The molecule has 0 unspecified atom stereocenters. The Bertz CT molecular complexity index is 623. The molecule has 1 aromatic rings. The van der Waals surface area contributed by atoms with Gasteiger partial charge in [0, 0.05) is 31.1 Å². The van der Waals surface area contributed by atoms with E-state index in [-0.39, 0.29) is 5.91 Å². The van der Waals surface area contributed by atoms with Crippen molar-refractivity contribution in [3.8, 4) is 5.75 Å². The highest BCUT2D eigenvalue weighted by Gasteiger charge is 2.25. The maximum absolute atomic E-state index is 12.0. The number of hydrogen-bond acceptors (Lipinski definition) is 3. The van der Waals surface area contributed by atoms with E-state index in [1.54, 1.807) is 0 Å². The summed E-state index contributed by atoms with van der Waals surface area (Å²) in [5.41, 5.74) is 1.32. The number of carbonyl (C=O) groups excluding carboxylic acids is 1. The number of piperidine rings is 1. The van der Waals surface area contributed by atoms with E-state index in [2.05, 4.69) is 34.5 Å². The van der Waals surface area contributed by atoms with E-state index in [9.17, 15) is 4.79 Å². The summed E-state index contributed by atoms with van der Waals surface area (Å²) in [5, 5.41) is 3.12. The summed E-state index contributed by atoms with van der Waals surface area (Å²) in [6, 6.07) is 9.05. The van der Waals surface area contributed by atoms with Crippen molar-refractivity contribution < 1.29 is 9.53 Å². The highest BCUT2D eigenvalue weighted by molar-refractivity contribution is 5.76. The van der Waals surface area contributed by atoms with Crippen LogP contribution in [-0.4, -0.2) is 36.0 Å². The lowest BCUT2D eigenvalue weighted by Gasteiger charge is -2.33. The molecule has 1 amide bonds. The third kappa shape index (κ3) is 5.71. The minimum Gasteiger partial charge on any atom is -0.490 e. The zero-order chi connectivity index (χ0) is 18.5. The van der Waals surface area contributed by atoms with Gasteiger partial charge in [-0.05, 0) is 76.3 Å². The van der Waals surface area contributed by atoms with Gasteiger partial charge in [-0.15, -0.1) is 0 Å². The smallest absolute Gasteiger partial charge is 0.220 e. The summed E-state index contributed by atoms with van der Waals surface area (Å²) >= 11 is 0. The third-order valence-electron chi connectivity index (χ3n) is 6.29. The summed E-state index contributed by atoms with van der Waals surface area (Å²) in [4.78, 5) is 14.5. The van der Waals surface area contributed by atoms with E-state index in [0.29, 0.717) is 24.5 Å². The predicted molar refractivity (Wildman–Crippen MR) is 108 cm³/mol. The van der Waals surface area contributed by atoms with Gasteiger partial charge in [0.15, 0.2) is 0 Å². The number of rotatable bonds is 8. The molecule has 3 fully saturated rings. The summed E-state index contributed by atoms with van der Waals surface area (Å²) in [5.74, 6) is 1.98. The molecule has 1 heterocycles. The zero-order valence-corrected chi connectivity index (χ0v) is 16.5. The molecule has 1 N–H and O–H groups in total. The van der Waals surface area contributed by atoms with Crippen molar-refractivity contribution in [2.45, 2.75) is 82.9 Å². The van der Waals surface area contributed by atoms with Gasteiger partial charge >= 0.3 is 0 Å². The van der Waals surface area contributed by atoms with E-state index in [1.807, 2.05) is 0 Å². The number of likely N-dealkylation sites (tertiary alicyclic amines) is 1. The largest absolute Gasteiger partial charge is 0.490 e. The second-order valence-corrected chi connectivity index (χ2v) is 8.76. The van der Waals surface area contributed by atoms with Crippen LogP contribution in [0.15, 0.2) is 24.3 Å². The van der Waals surface area contributed by atoms with Gasteiger partial charge in [-0.25, -0.2) is 0 Å². The number of benzene rings is 1. The van der Waals surface area contributed by atoms with Gasteiger partial charge in [-0.2, -0.15) is 0 Å². The maximum Gasteiger partial charge on any atom is 0.220 e. The van der Waals surface area contributed by atoms with Gasteiger partial charge < -0.3 is 10.1 Å². The zero-order valence-electron chi connectivity index (χ0n) is 16.5. The van der Waals surface area contributed by atoms with E-state index >= 15 is 0 Å². The molecule has 2 aliphatic carbocycles. The van der Waals surface area contributed by atoms with Crippen LogP contribution in [0.5, 0.6) is 5.75 Å². The Balaban J connectivity index is 1.27. The van der Waals surface area contributed by atoms with Crippen LogP contribution < -0.4 is 10.1 Å². The molecule has 148 valence electrons. The fraction of sp³-hybridized carbons (Fsp3) is 0.696. The first kappa shape index (κ1) is 18.8. The summed E-state index contributed by atoms with van der Waals surface area (Å²) in [6.45, 7) is 3.23. The van der Waals surface area contributed by atoms with Gasteiger partial charge in [0.1, 0.15) is 5.75 Å². The molecule has 27 heavy (non-hydrogen) atoms. The Morgan fingerprint density at radius 3 is 2.70 bits per heavy atom. The van der Waals surface area contributed by atoms with Gasteiger partial charge in [0.05, 0.1) is 6.10 Å². The molecule has 2 saturated carbocycles. The van der Waals surface area contributed by atoms with Crippen molar-refractivity contribution in [2.75, 3.05) is 13.1 Å². The lowest BCUT2D eigenvalue weighted by molar-refractivity contribution is -0.121.